The number of hydrogen-bond acceptors (Lipinski definition) is 8. The Morgan fingerprint density at radius 3 is 2.89 bits per heavy atom. The molecule has 0 saturated heterocycles. The second kappa shape index (κ2) is 6.99. The van der Waals surface area contributed by atoms with Gasteiger partial charge >= 0.3 is 0 Å². The minimum atomic E-state index is -3.63. The molecule has 0 atom stereocenters. The zero-order chi connectivity index (χ0) is 19.2. The number of aromatic nitrogens is 4. The van der Waals surface area contributed by atoms with Gasteiger partial charge in [-0.15, -0.1) is 11.3 Å². The minimum absolute atomic E-state index is 0.187. The fourth-order valence-corrected chi connectivity index (χ4v) is 5.92. The van der Waals surface area contributed by atoms with E-state index in [0.29, 0.717) is 28.9 Å². The molecule has 3 aromatic rings. The van der Waals surface area contributed by atoms with E-state index < -0.39 is 10.0 Å². The number of aryl methyl sites for hydroxylation is 1. The Balaban J connectivity index is 1.63. The molecule has 0 radical (unpaired) electrons. The van der Waals surface area contributed by atoms with Gasteiger partial charge in [-0.25, -0.2) is 8.42 Å². The van der Waals surface area contributed by atoms with E-state index >= 15 is 0 Å². The van der Waals surface area contributed by atoms with Crippen molar-refractivity contribution in [3.05, 3.63) is 33.6 Å². The van der Waals surface area contributed by atoms with Gasteiger partial charge in [0, 0.05) is 32.7 Å². The van der Waals surface area contributed by atoms with Crippen LogP contribution in [0.4, 0.5) is 0 Å². The number of sulfonamides is 1. The Morgan fingerprint density at radius 1 is 1.37 bits per heavy atom. The predicted octanol–water partition coefficient (Wildman–Crippen LogP) is 2.08. The largest absolute Gasteiger partial charge is 0.384 e. The van der Waals surface area contributed by atoms with Crippen molar-refractivity contribution >= 4 is 33.0 Å². The summed E-state index contributed by atoms with van der Waals surface area (Å²) in [6.45, 7) is 0.891. The third kappa shape index (κ3) is 3.29. The number of fused-ring (bicyclic) bond motifs is 1. The summed E-state index contributed by atoms with van der Waals surface area (Å²) in [5.41, 5.74) is 2.07. The molecule has 0 aromatic carbocycles. The van der Waals surface area contributed by atoms with E-state index in [2.05, 4.69) is 15.2 Å². The number of thiophene rings is 1. The predicted molar refractivity (Wildman–Crippen MR) is 97.8 cm³/mol. The lowest BCUT2D eigenvalue weighted by Crippen LogP contribution is -2.25. The van der Waals surface area contributed by atoms with Crippen LogP contribution < -0.4 is 0 Å². The maximum absolute atomic E-state index is 12.9. The first-order chi connectivity index (χ1) is 12.9. The first kappa shape index (κ1) is 18.6. The van der Waals surface area contributed by atoms with Crippen molar-refractivity contribution in [3.63, 3.8) is 0 Å². The smallest absolute Gasteiger partial charge is 0.278 e. The summed E-state index contributed by atoms with van der Waals surface area (Å²) in [6.07, 6.45) is 0.522. The molecule has 0 N–H and O–H groups in total. The zero-order valence-electron chi connectivity index (χ0n) is 14.5. The lowest BCUT2D eigenvalue weighted by atomic mass is 10.2. The zero-order valence-corrected chi connectivity index (χ0v) is 16.9. The van der Waals surface area contributed by atoms with E-state index in [0.717, 1.165) is 22.6 Å². The van der Waals surface area contributed by atoms with Crippen LogP contribution in [-0.4, -0.2) is 46.4 Å². The van der Waals surface area contributed by atoms with Gasteiger partial charge in [0.05, 0.1) is 23.2 Å². The summed E-state index contributed by atoms with van der Waals surface area (Å²) in [7, 11) is -0.269. The van der Waals surface area contributed by atoms with Gasteiger partial charge in [-0.2, -0.15) is 14.4 Å². The maximum Gasteiger partial charge on any atom is 0.278 e. The molecule has 144 valence electrons. The molecule has 0 bridgehead atoms. The van der Waals surface area contributed by atoms with Gasteiger partial charge in [0.2, 0.25) is 0 Å². The molecule has 3 aromatic heterocycles. The molecule has 0 saturated carbocycles. The molecular weight excluding hydrogens is 414 g/mol. The van der Waals surface area contributed by atoms with E-state index in [1.54, 1.807) is 24.9 Å². The highest BCUT2D eigenvalue weighted by Gasteiger charge is 2.37. The number of ether oxygens (including phenoxy) is 1. The average molecular weight is 430 g/mol. The fraction of sp³-hybridized carbons (Fsp3) is 0.400. The summed E-state index contributed by atoms with van der Waals surface area (Å²) in [5, 5.41) is 8.36. The van der Waals surface area contributed by atoms with Gasteiger partial charge in [-0.3, -0.25) is 4.68 Å². The van der Waals surface area contributed by atoms with Crippen molar-refractivity contribution < 1.29 is 17.7 Å². The molecular formula is C15H16ClN5O4S2. The van der Waals surface area contributed by atoms with Crippen LogP contribution in [0.2, 0.25) is 4.34 Å². The summed E-state index contributed by atoms with van der Waals surface area (Å²) >= 11 is 6.93. The Bertz CT molecular complexity index is 1090. The van der Waals surface area contributed by atoms with Crippen molar-refractivity contribution in [2.75, 3.05) is 13.7 Å². The molecule has 0 amide bonds. The number of nitrogens with zero attached hydrogens (tertiary/aromatic N) is 5. The van der Waals surface area contributed by atoms with E-state index in [4.69, 9.17) is 20.9 Å². The first-order valence-corrected chi connectivity index (χ1v) is 10.7. The standard InChI is InChI=1S/C15H16ClN5O4S2/c1-20-10-8-21(27(22,23)13-4-3-11(16)26-13)7-9(10)14(18-20)15-17-12(19-25-15)5-6-24-2/h3-4H,5-8H2,1-2H3. The van der Waals surface area contributed by atoms with Crippen molar-refractivity contribution in [2.24, 2.45) is 7.05 Å². The summed E-state index contributed by atoms with van der Waals surface area (Å²) < 4.78 is 39.8. The number of rotatable bonds is 6. The number of hydrogen-bond donors (Lipinski definition) is 0. The quantitative estimate of drug-likeness (QED) is 0.590. The lowest BCUT2D eigenvalue weighted by molar-refractivity contribution is 0.199. The molecule has 4 rings (SSSR count). The second-order valence-corrected chi connectivity index (χ2v) is 9.87. The Kier molecular flexibility index (Phi) is 4.80. The molecule has 1 aliphatic heterocycles. The molecule has 0 unspecified atom stereocenters. The van der Waals surface area contributed by atoms with Crippen molar-refractivity contribution in [2.45, 2.75) is 23.7 Å². The van der Waals surface area contributed by atoms with Gasteiger partial charge in [0.15, 0.2) is 11.5 Å². The third-order valence-corrected chi connectivity index (χ3v) is 7.77. The molecule has 9 nitrogen and oxygen atoms in total. The summed E-state index contributed by atoms with van der Waals surface area (Å²) in [4.78, 5) is 4.34. The van der Waals surface area contributed by atoms with Gasteiger partial charge in [-0.05, 0) is 12.1 Å². The van der Waals surface area contributed by atoms with Crippen LogP contribution in [0.1, 0.15) is 17.1 Å². The van der Waals surface area contributed by atoms with E-state index in [1.165, 1.54) is 10.4 Å². The van der Waals surface area contributed by atoms with Crippen LogP contribution in [-0.2, 0) is 41.3 Å². The first-order valence-electron chi connectivity index (χ1n) is 8.02. The summed E-state index contributed by atoms with van der Waals surface area (Å²) in [5.74, 6) is 0.790. The number of methoxy groups -OCH3 is 1. The fourth-order valence-electron chi connectivity index (χ4n) is 2.92. The second-order valence-electron chi connectivity index (χ2n) is 5.99. The molecule has 0 aliphatic carbocycles. The van der Waals surface area contributed by atoms with E-state index in [-0.39, 0.29) is 23.2 Å². The SMILES string of the molecule is COCCc1noc(-c2nn(C)c3c2CN(S(=O)(=O)c2ccc(Cl)s2)C3)n1. The van der Waals surface area contributed by atoms with E-state index in [9.17, 15) is 8.42 Å². The van der Waals surface area contributed by atoms with Gasteiger partial charge < -0.3 is 9.26 Å². The maximum atomic E-state index is 12.9. The lowest BCUT2D eigenvalue weighted by Gasteiger charge is -2.14. The topological polar surface area (TPSA) is 103 Å². The Hall–Kier alpha value is -1.79. The van der Waals surface area contributed by atoms with Gasteiger partial charge in [0.25, 0.3) is 15.9 Å². The van der Waals surface area contributed by atoms with Crippen LogP contribution in [0.5, 0.6) is 0 Å². The van der Waals surface area contributed by atoms with Gasteiger partial charge in [0.1, 0.15) is 4.21 Å². The summed E-state index contributed by atoms with van der Waals surface area (Å²) in [6, 6.07) is 3.10. The van der Waals surface area contributed by atoms with Crippen LogP contribution in [0, 0.1) is 0 Å². The molecule has 4 heterocycles. The van der Waals surface area contributed by atoms with Crippen LogP contribution in [0.3, 0.4) is 0 Å². The normalized spacial score (nSPS) is 14.8. The van der Waals surface area contributed by atoms with Crippen molar-refractivity contribution in [1.29, 1.82) is 0 Å². The highest BCUT2D eigenvalue weighted by atomic mass is 35.5. The Labute approximate surface area is 164 Å². The molecule has 1 aliphatic rings. The Morgan fingerprint density at radius 2 is 2.19 bits per heavy atom. The highest BCUT2D eigenvalue weighted by molar-refractivity contribution is 7.91. The number of halogens is 1. The van der Waals surface area contributed by atoms with E-state index in [1.807, 2.05) is 0 Å². The monoisotopic (exact) mass is 429 g/mol. The van der Waals surface area contributed by atoms with Crippen molar-refractivity contribution in [1.82, 2.24) is 24.2 Å². The molecule has 12 heteroatoms. The van der Waals surface area contributed by atoms with Crippen LogP contribution in [0.15, 0.2) is 20.9 Å². The van der Waals surface area contributed by atoms with Crippen LogP contribution >= 0.6 is 22.9 Å². The molecule has 27 heavy (non-hydrogen) atoms. The molecule has 0 spiro atoms. The minimum Gasteiger partial charge on any atom is -0.384 e. The third-order valence-electron chi connectivity index (χ3n) is 4.28. The average Bonchev–Trinajstić information content (AvgIpc) is 3.38. The van der Waals surface area contributed by atoms with Crippen LogP contribution in [0.25, 0.3) is 11.6 Å². The van der Waals surface area contributed by atoms with Gasteiger partial charge in [-0.1, -0.05) is 16.8 Å². The van der Waals surface area contributed by atoms with Crippen molar-refractivity contribution in [3.8, 4) is 11.6 Å². The highest BCUT2D eigenvalue weighted by Crippen LogP contribution is 2.36. The molecule has 0 fully saturated rings.